The summed E-state index contributed by atoms with van der Waals surface area (Å²) in [5, 5.41) is 11.5. The molecule has 1 aliphatic heterocycles. The lowest BCUT2D eigenvalue weighted by molar-refractivity contribution is -0.137. The van der Waals surface area contributed by atoms with Crippen molar-refractivity contribution in [1.82, 2.24) is 19.3 Å². The van der Waals surface area contributed by atoms with Crippen LogP contribution in [0.2, 0.25) is 0 Å². The number of likely N-dealkylation sites (tertiary alicyclic amines) is 1. The Bertz CT molecular complexity index is 1210. The Hall–Kier alpha value is -3.87. The Morgan fingerprint density at radius 2 is 2.06 bits per heavy atom. The number of alkyl halides is 3. The van der Waals surface area contributed by atoms with Gasteiger partial charge in [-0.3, -0.25) is 4.79 Å². The molecule has 0 saturated carbocycles. The number of carboxylic acid groups (broad SMARTS) is 1. The molecule has 1 saturated heterocycles. The summed E-state index contributed by atoms with van der Waals surface area (Å²) in [6.45, 7) is 0.286. The number of ether oxygens (including phenoxy) is 1. The van der Waals surface area contributed by atoms with Gasteiger partial charge in [-0.2, -0.15) is 13.2 Å². The van der Waals surface area contributed by atoms with Crippen LogP contribution in [-0.2, 0) is 15.7 Å². The lowest BCUT2D eigenvalue weighted by Crippen LogP contribution is -2.29. The smallest absolute Gasteiger partial charge is 0.419 e. The number of hydrogen-bond acceptors (Lipinski definition) is 6. The second-order valence-electron chi connectivity index (χ2n) is 7.46. The van der Waals surface area contributed by atoms with Gasteiger partial charge in [-0.25, -0.2) is 14.8 Å². The number of amides is 2. The van der Waals surface area contributed by atoms with Gasteiger partial charge in [0.1, 0.15) is 18.1 Å². The summed E-state index contributed by atoms with van der Waals surface area (Å²) in [6.07, 6.45) is -1.20. The Kier molecular flexibility index (Phi) is 5.80. The Morgan fingerprint density at radius 1 is 1.27 bits per heavy atom. The fourth-order valence-corrected chi connectivity index (χ4v) is 3.49. The summed E-state index contributed by atoms with van der Waals surface area (Å²) in [4.78, 5) is 32.2. The van der Waals surface area contributed by atoms with E-state index in [0.29, 0.717) is 24.2 Å². The third kappa shape index (κ3) is 4.98. The highest BCUT2D eigenvalue weighted by atomic mass is 19.4. The van der Waals surface area contributed by atoms with Crippen LogP contribution in [0.5, 0.6) is 0 Å². The topological polar surface area (TPSA) is 135 Å². The van der Waals surface area contributed by atoms with Gasteiger partial charge in [0.15, 0.2) is 5.82 Å². The van der Waals surface area contributed by atoms with Gasteiger partial charge in [0.25, 0.3) is 5.91 Å². The molecular formula is C20H19F3N6O4. The van der Waals surface area contributed by atoms with Gasteiger partial charge >= 0.3 is 12.3 Å². The second-order valence-corrected chi connectivity index (χ2v) is 7.46. The SMILES string of the molecule is Nc1ncc(-c2ccc3nc(NC(=O)COC4CCN(C(=O)O)C4)cn3c2)cc1C(F)(F)F. The van der Waals surface area contributed by atoms with Gasteiger partial charge < -0.3 is 30.2 Å². The first-order chi connectivity index (χ1) is 15.6. The molecule has 10 nitrogen and oxygen atoms in total. The number of nitrogens with two attached hydrogens (primary N) is 1. The first-order valence-electron chi connectivity index (χ1n) is 9.81. The van der Waals surface area contributed by atoms with Gasteiger partial charge in [-0.05, 0) is 24.6 Å². The normalized spacial score (nSPS) is 16.3. The third-order valence-corrected chi connectivity index (χ3v) is 5.14. The largest absolute Gasteiger partial charge is 0.465 e. The molecule has 0 radical (unpaired) electrons. The fourth-order valence-electron chi connectivity index (χ4n) is 3.49. The molecule has 0 aromatic carbocycles. The zero-order valence-corrected chi connectivity index (χ0v) is 17.0. The zero-order valence-electron chi connectivity index (χ0n) is 17.0. The van der Waals surface area contributed by atoms with Crippen molar-refractivity contribution >= 4 is 29.3 Å². The molecule has 0 spiro atoms. The highest BCUT2D eigenvalue weighted by Crippen LogP contribution is 2.35. The minimum Gasteiger partial charge on any atom is -0.465 e. The second kappa shape index (κ2) is 8.58. The Labute approximate surface area is 184 Å². The lowest BCUT2D eigenvalue weighted by atomic mass is 10.1. The van der Waals surface area contributed by atoms with E-state index in [9.17, 15) is 22.8 Å². The van der Waals surface area contributed by atoms with Gasteiger partial charge in [-0.1, -0.05) is 0 Å². The van der Waals surface area contributed by atoms with Crippen LogP contribution in [-0.4, -0.2) is 62.2 Å². The number of fused-ring (bicyclic) bond motifs is 1. The van der Waals surface area contributed by atoms with E-state index in [2.05, 4.69) is 15.3 Å². The highest BCUT2D eigenvalue weighted by Gasteiger charge is 2.34. The minimum atomic E-state index is -4.63. The van der Waals surface area contributed by atoms with Gasteiger partial charge in [0, 0.05) is 30.1 Å². The van der Waals surface area contributed by atoms with Crippen molar-refractivity contribution in [2.45, 2.75) is 18.7 Å². The fraction of sp³-hybridized carbons (Fsp3) is 0.300. The Morgan fingerprint density at radius 3 is 2.76 bits per heavy atom. The molecule has 4 N–H and O–H groups in total. The number of nitrogens with one attached hydrogen (secondary N) is 1. The molecule has 0 bridgehead atoms. The van der Waals surface area contributed by atoms with Crippen LogP contribution in [0.15, 0.2) is 36.8 Å². The average Bonchev–Trinajstić information content (AvgIpc) is 3.38. The summed E-state index contributed by atoms with van der Waals surface area (Å²) >= 11 is 0. The molecule has 1 unspecified atom stereocenters. The van der Waals surface area contributed by atoms with Crippen molar-refractivity contribution in [2.24, 2.45) is 0 Å². The predicted octanol–water partition coefficient (Wildman–Crippen LogP) is 2.70. The van der Waals surface area contributed by atoms with Gasteiger partial charge in [0.2, 0.25) is 0 Å². The zero-order chi connectivity index (χ0) is 23.8. The van der Waals surface area contributed by atoms with Gasteiger partial charge in [0.05, 0.1) is 24.4 Å². The summed E-state index contributed by atoms with van der Waals surface area (Å²) in [7, 11) is 0. The average molecular weight is 464 g/mol. The maximum absolute atomic E-state index is 13.1. The summed E-state index contributed by atoms with van der Waals surface area (Å²) in [6, 6.07) is 4.10. The van der Waals surface area contributed by atoms with Crippen molar-refractivity contribution in [3.63, 3.8) is 0 Å². The Balaban J connectivity index is 1.43. The summed E-state index contributed by atoms with van der Waals surface area (Å²) < 4.78 is 46.4. The maximum Gasteiger partial charge on any atom is 0.419 e. The van der Waals surface area contributed by atoms with E-state index in [1.165, 1.54) is 17.3 Å². The number of hydrogen-bond donors (Lipinski definition) is 3. The number of rotatable bonds is 5. The number of nitrogens with zero attached hydrogens (tertiary/aromatic N) is 4. The van der Waals surface area contributed by atoms with Crippen molar-refractivity contribution in [3.05, 3.63) is 42.4 Å². The number of carbonyl (C=O) groups is 2. The van der Waals surface area contributed by atoms with Crippen LogP contribution in [0.4, 0.5) is 29.6 Å². The van der Waals surface area contributed by atoms with E-state index < -0.39 is 29.6 Å². The van der Waals surface area contributed by atoms with Crippen LogP contribution in [0.3, 0.4) is 0 Å². The maximum atomic E-state index is 13.1. The molecule has 33 heavy (non-hydrogen) atoms. The number of imidazole rings is 1. The van der Waals surface area contributed by atoms with Gasteiger partial charge in [-0.15, -0.1) is 0 Å². The van der Waals surface area contributed by atoms with Crippen molar-refractivity contribution in [3.8, 4) is 11.1 Å². The quantitative estimate of drug-likeness (QED) is 0.528. The third-order valence-electron chi connectivity index (χ3n) is 5.14. The van der Waals surface area contributed by atoms with E-state index in [-0.39, 0.29) is 30.6 Å². The number of pyridine rings is 2. The molecule has 0 aliphatic carbocycles. The van der Waals surface area contributed by atoms with E-state index in [0.717, 1.165) is 6.07 Å². The first-order valence-corrected chi connectivity index (χ1v) is 9.81. The van der Waals surface area contributed by atoms with Crippen LogP contribution < -0.4 is 11.1 Å². The molecule has 3 aromatic rings. The van der Waals surface area contributed by atoms with Crippen molar-refractivity contribution in [1.29, 1.82) is 0 Å². The van der Waals surface area contributed by atoms with E-state index in [1.807, 2.05) is 0 Å². The van der Waals surface area contributed by atoms with E-state index in [1.54, 1.807) is 22.7 Å². The molecular weight excluding hydrogens is 445 g/mol. The standard InChI is InChI=1S/C20H19F3N6O4/c21-20(22,23)14-5-12(6-25-18(14)24)11-1-2-16-26-15(9-29(16)7-11)27-17(30)10-33-13-3-4-28(8-13)19(31)32/h1-2,5-7,9,13H,3-4,8,10H2,(H2,24,25)(H,27,30)(H,31,32). The molecule has 3 aromatic heterocycles. The molecule has 174 valence electrons. The molecule has 2 amide bonds. The first kappa shape index (κ1) is 22.3. The number of aromatic nitrogens is 3. The number of carbonyl (C=O) groups excluding carboxylic acids is 1. The molecule has 4 heterocycles. The molecule has 4 rings (SSSR count). The summed E-state index contributed by atoms with van der Waals surface area (Å²) in [5.41, 5.74) is 5.46. The predicted molar refractivity (Wildman–Crippen MR) is 110 cm³/mol. The highest BCUT2D eigenvalue weighted by molar-refractivity contribution is 5.91. The van der Waals surface area contributed by atoms with Crippen molar-refractivity contribution in [2.75, 3.05) is 30.7 Å². The van der Waals surface area contributed by atoms with Crippen molar-refractivity contribution < 1.29 is 32.6 Å². The lowest BCUT2D eigenvalue weighted by Gasteiger charge is -2.12. The van der Waals surface area contributed by atoms with Crippen LogP contribution >= 0.6 is 0 Å². The molecule has 1 atom stereocenters. The molecule has 1 fully saturated rings. The number of nitrogen functional groups attached to an aromatic ring is 1. The number of halogens is 3. The monoisotopic (exact) mass is 464 g/mol. The van der Waals surface area contributed by atoms with Crippen LogP contribution in [0, 0.1) is 0 Å². The van der Waals surface area contributed by atoms with Crippen LogP contribution in [0.1, 0.15) is 12.0 Å². The molecule has 1 aliphatic rings. The van der Waals surface area contributed by atoms with E-state index in [4.69, 9.17) is 15.6 Å². The minimum absolute atomic E-state index is 0.204. The van der Waals surface area contributed by atoms with E-state index >= 15 is 0 Å². The number of anilines is 2. The van der Waals surface area contributed by atoms with Crippen LogP contribution in [0.25, 0.3) is 16.8 Å². The summed E-state index contributed by atoms with van der Waals surface area (Å²) in [5.74, 6) is -0.842. The molecule has 13 heteroatoms.